The van der Waals surface area contributed by atoms with Crippen molar-refractivity contribution in [1.29, 1.82) is 0 Å². The van der Waals surface area contributed by atoms with Crippen LogP contribution in [0.1, 0.15) is 0 Å². The molecule has 0 bridgehead atoms. The molecule has 2 N–H and O–H groups in total. The van der Waals surface area contributed by atoms with Crippen LogP contribution in [0.25, 0.3) is 0 Å². The van der Waals surface area contributed by atoms with E-state index in [1.54, 1.807) is 4.90 Å². The summed E-state index contributed by atoms with van der Waals surface area (Å²) in [6.07, 6.45) is 5.10. The van der Waals surface area contributed by atoms with Crippen molar-refractivity contribution in [2.75, 3.05) is 39.3 Å². The average molecular weight is 225 g/mol. The molecular formula is C10H15N3O3. The van der Waals surface area contributed by atoms with Crippen molar-refractivity contribution in [3.05, 3.63) is 0 Å². The number of piperazine rings is 1. The van der Waals surface area contributed by atoms with Gasteiger partial charge in [0.05, 0.1) is 6.54 Å². The predicted octanol–water partition coefficient (Wildman–Crippen LogP) is -0.969. The molecule has 0 unspecified atom stereocenters. The Morgan fingerprint density at radius 1 is 1.44 bits per heavy atom. The number of carbonyl (C=O) groups excluding carboxylic acids is 1. The summed E-state index contributed by atoms with van der Waals surface area (Å²) in [5, 5.41) is 11.8. The van der Waals surface area contributed by atoms with E-state index in [-0.39, 0.29) is 19.1 Å². The number of terminal acetylenes is 1. The molecule has 1 aliphatic rings. The highest BCUT2D eigenvalue weighted by Gasteiger charge is 2.23. The number of hydrogen-bond acceptors (Lipinski definition) is 3. The predicted molar refractivity (Wildman–Crippen MR) is 57.9 cm³/mol. The maximum Gasteiger partial charge on any atom is 0.323 e. The minimum atomic E-state index is -1.06. The molecule has 0 saturated carbocycles. The van der Waals surface area contributed by atoms with Crippen LogP contribution in [0.15, 0.2) is 0 Å². The van der Waals surface area contributed by atoms with Gasteiger partial charge in [0.1, 0.15) is 6.54 Å². The fraction of sp³-hybridized carbons (Fsp3) is 0.600. The highest BCUT2D eigenvalue weighted by molar-refractivity contribution is 5.80. The van der Waals surface area contributed by atoms with Crippen molar-refractivity contribution in [3.8, 4) is 12.3 Å². The first-order chi connectivity index (χ1) is 7.65. The lowest BCUT2D eigenvalue weighted by atomic mass is 10.3. The summed E-state index contributed by atoms with van der Waals surface area (Å²) in [6, 6.07) is -0.304. The first kappa shape index (κ1) is 12.3. The first-order valence-electron chi connectivity index (χ1n) is 5.05. The van der Waals surface area contributed by atoms with Gasteiger partial charge in [0.2, 0.25) is 0 Å². The highest BCUT2D eigenvalue weighted by atomic mass is 16.4. The van der Waals surface area contributed by atoms with Crippen molar-refractivity contribution in [2.45, 2.75) is 0 Å². The van der Waals surface area contributed by atoms with Gasteiger partial charge in [0.15, 0.2) is 0 Å². The fourth-order valence-electron chi connectivity index (χ4n) is 1.52. The van der Waals surface area contributed by atoms with Crippen LogP contribution in [0.4, 0.5) is 4.79 Å². The molecule has 1 rings (SSSR count). The van der Waals surface area contributed by atoms with Crippen molar-refractivity contribution in [3.63, 3.8) is 0 Å². The molecule has 6 heteroatoms. The molecule has 0 aliphatic carbocycles. The molecule has 6 nitrogen and oxygen atoms in total. The monoisotopic (exact) mass is 225 g/mol. The smallest absolute Gasteiger partial charge is 0.323 e. The molecular weight excluding hydrogens is 210 g/mol. The molecule has 0 radical (unpaired) electrons. The van der Waals surface area contributed by atoms with E-state index in [0.717, 1.165) is 18.0 Å². The zero-order valence-electron chi connectivity index (χ0n) is 8.98. The second kappa shape index (κ2) is 5.98. The Morgan fingerprint density at radius 2 is 2.06 bits per heavy atom. The standard InChI is InChI=1S/C10H15N3O3/c1-2-5-13(8-9(14)15)10(16)12-6-3-11-4-7-12/h1,11H,3-8H2,(H,14,15). The number of rotatable bonds is 3. The highest BCUT2D eigenvalue weighted by Crippen LogP contribution is 2.00. The van der Waals surface area contributed by atoms with Gasteiger partial charge >= 0.3 is 12.0 Å². The maximum absolute atomic E-state index is 11.9. The van der Waals surface area contributed by atoms with Crippen LogP contribution < -0.4 is 5.32 Å². The number of urea groups is 1. The number of hydrogen-bond donors (Lipinski definition) is 2. The van der Waals surface area contributed by atoms with Crippen LogP contribution in [-0.4, -0.2) is 66.2 Å². The molecule has 2 amide bonds. The Balaban J connectivity index is 2.58. The Bertz CT molecular complexity index is 305. The number of aliphatic carboxylic acids is 1. The third-order valence-corrected chi connectivity index (χ3v) is 2.27. The van der Waals surface area contributed by atoms with Crippen LogP contribution in [0.3, 0.4) is 0 Å². The summed E-state index contributed by atoms with van der Waals surface area (Å²) >= 11 is 0. The zero-order valence-corrected chi connectivity index (χ0v) is 8.98. The largest absolute Gasteiger partial charge is 0.480 e. The summed E-state index contributed by atoms with van der Waals surface area (Å²) in [6.45, 7) is 2.28. The third kappa shape index (κ3) is 3.44. The van der Waals surface area contributed by atoms with E-state index in [4.69, 9.17) is 11.5 Å². The van der Waals surface area contributed by atoms with Crippen LogP contribution in [0.5, 0.6) is 0 Å². The van der Waals surface area contributed by atoms with Gasteiger partial charge in [-0.15, -0.1) is 6.42 Å². The normalized spacial score (nSPS) is 15.3. The van der Waals surface area contributed by atoms with Gasteiger partial charge in [0.25, 0.3) is 0 Å². The SMILES string of the molecule is C#CCN(CC(=O)O)C(=O)N1CCNCC1. The number of amides is 2. The van der Waals surface area contributed by atoms with Crippen LogP contribution in [0.2, 0.25) is 0 Å². The van der Waals surface area contributed by atoms with E-state index in [1.165, 1.54) is 0 Å². The van der Waals surface area contributed by atoms with Crippen molar-refractivity contribution in [1.82, 2.24) is 15.1 Å². The molecule has 0 aromatic carbocycles. The molecule has 1 fully saturated rings. The minimum absolute atomic E-state index is 0.0229. The van der Waals surface area contributed by atoms with Gasteiger partial charge < -0.3 is 20.2 Å². The van der Waals surface area contributed by atoms with Crippen molar-refractivity contribution >= 4 is 12.0 Å². The number of carboxylic acids is 1. The number of carboxylic acid groups (broad SMARTS) is 1. The summed E-state index contributed by atoms with van der Waals surface area (Å²) in [5.74, 6) is 1.24. The lowest BCUT2D eigenvalue weighted by molar-refractivity contribution is -0.137. The van der Waals surface area contributed by atoms with E-state index in [2.05, 4.69) is 11.2 Å². The summed E-state index contributed by atoms with van der Waals surface area (Å²) < 4.78 is 0. The average Bonchev–Trinajstić information content (AvgIpc) is 2.28. The molecule has 0 aromatic rings. The van der Waals surface area contributed by atoms with E-state index < -0.39 is 5.97 Å². The molecule has 0 atom stereocenters. The van der Waals surface area contributed by atoms with Gasteiger partial charge in [-0.2, -0.15) is 0 Å². The number of nitrogens with one attached hydrogen (secondary N) is 1. The molecule has 1 heterocycles. The van der Waals surface area contributed by atoms with Gasteiger partial charge in [0, 0.05) is 26.2 Å². The molecule has 1 saturated heterocycles. The lowest BCUT2D eigenvalue weighted by Crippen LogP contribution is -2.52. The van der Waals surface area contributed by atoms with Crippen LogP contribution >= 0.6 is 0 Å². The molecule has 88 valence electrons. The number of nitrogens with zero attached hydrogens (tertiary/aromatic N) is 2. The second-order valence-corrected chi connectivity index (χ2v) is 3.47. The van der Waals surface area contributed by atoms with E-state index in [1.807, 2.05) is 0 Å². The Kier molecular flexibility index (Phi) is 4.61. The molecule has 0 aromatic heterocycles. The summed E-state index contributed by atoms with van der Waals surface area (Å²) in [4.78, 5) is 25.2. The molecule has 1 aliphatic heterocycles. The zero-order chi connectivity index (χ0) is 12.0. The Labute approximate surface area is 94.2 Å². The Morgan fingerprint density at radius 3 is 2.56 bits per heavy atom. The second-order valence-electron chi connectivity index (χ2n) is 3.47. The molecule has 16 heavy (non-hydrogen) atoms. The number of carbonyl (C=O) groups is 2. The minimum Gasteiger partial charge on any atom is -0.480 e. The summed E-state index contributed by atoms with van der Waals surface area (Å²) in [5.41, 5.74) is 0. The van der Waals surface area contributed by atoms with Gasteiger partial charge in [-0.25, -0.2) is 4.79 Å². The van der Waals surface area contributed by atoms with Crippen molar-refractivity contribution < 1.29 is 14.7 Å². The van der Waals surface area contributed by atoms with Gasteiger partial charge in [-0.3, -0.25) is 4.79 Å². The van der Waals surface area contributed by atoms with E-state index in [9.17, 15) is 9.59 Å². The van der Waals surface area contributed by atoms with Crippen LogP contribution in [-0.2, 0) is 4.79 Å². The summed E-state index contributed by atoms with van der Waals surface area (Å²) in [7, 11) is 0. The quantitative estimate of drug-likeness (QED) is 0.606. The lowest BCUT2D eigenvalue weighted by Gasteiger charge is -2.31. The topological polar surface area (TPSA) is 72.9 Å². The first-order valence-corrected chi connectivity index (χ1v) is 5.05. The van der Waals surface area contributed by atoms with Gasteiger partial charge in [-0.1, -0.05) is 5.92 Å². The van der Waals surface area contributed by atoms with E-state index in [0.29, 0.717) is 13.1 Å². The fourth-order valence-corrected chi connectivity index (χ4v) is 1.52. The van der Waals surface area contributed by atoms with Crippen LogP contribution in [0, 0.1) is 12.3 Å². The Hall–Kier alpha value is -1.74. The van der Waals surface area contributed by atoms with E-state index >= 15 is 0 Å². The molecule has 0 spiro atoms. The van der Waals surface area contributed by atoms with Gasteiger partial charge in [-0.05, 0) is 0 Å². The maximum atomic E-state index is 11.9. The third-order valence-electron chi connectivity index (χ3n) is 2.27. The van der Waals surface area contributed by atoms with Crippen molar-refractivity contribution in [2.24, 2.45) is 0 Å².